The third kappa shape index (κ3) is 7.19. The monoisotopic (exact) mass is 435 g/mol. The van der Waals surface area contributed by atoms with Crippen molar-refractivity contribution in [3.8, 4) is 18.2 Å². The number of hydrogen-bond acceptors (Lipinski definition) is 6. The quantitative estimate of drug-likeness (QED) is 0.298. The predicted molar refractivity (Wildman–Crippen MR) is 117 cm³/mol. The molecule has 1 aromatic carbocycles. The molecule has 3 amide bonds. The lowest BCUT2D eigenvalue weighted by atomic mass is 10.0. The second kappa shape index (κ2) is 10.8. The minimum atomic E-state index is -1.31. The lowest BCUT2D eigenvalue weighted by molar-refractivity contribution is -0.138. The summed E-state index contributed by atoms with van der Waals surface area (Å²) in [4.78, 5) is 39.0. The number of para-hydroxylation sites is 1. The third-order valence-electron chi connectivity index (χ3n) is 3.72. The van der Waals surface area contributed by atoms with E-state index in [4.69, 9.17) is 11.2 Å². The van der Waals surface area contributed by atoms with Gasteiger partial charge in [-0.3, -0.25) is 14.5 Å². The van der Waals surface area contributed by atoms with E-state index in [0.717, 1.165) is 4.90 Å². The molecule has 0 aliphatic rings. The molecule has 0 saturated heterocycles. The molecule has 0 spiro atoms. The minimum Gasteiger partial charge on any atom is -0.508 e. The van der Waals surface area contributed by atoms with Crippen LogP contribution in [0.2, 0.25) is 0 Å². The first-order chi connectivity index (χ1) is 13.9. The summed E-state index contributed by atoms with van der Waals surface area (Å²) >= 11 is 4.12. The Morgan fingerprint density at radius 1 is 1.23 bits per heavy atom. The number of hydrogen-bond donors (Lipinski definition) is 4. The van der Waals surface area contributed by atoms with E-state index in [1.807, 2.05) is 0 Å². The van der Waals surface area contributed by atoms with Gasteiger partial charge in [-0.2, -0.15) is 12.6 Å². The van der Waals surface area contributed by atoms with Gasteiger partial charge in [0.1, 0.15) is 17.4 Å². The van der Waals surface area contributed by atoms with E-state index in [-0.39, 0.29) is 23.1 Å². The number of phenolic OH excluding ortho intramolecular Hbond substituents is 1. The Bertz CT molecular complexity index is 814. The van der Waals surface area contributed by atoms with Crippen molar-refractivity contribution < 1.29 is 24.2 Å². The summed E-state index contributed by atoms with van der Waals surface area (Å²) in [6.07, 6.45) is 4.76. The summed E-state index contributed by atoms with van der Waals surface area (Å²) in [6.45, 7) is 8.55. The average molecular weight is 436 g/mol. The third-order valence-corrected chi connectivity index (χ3v) is 4.08. The van der Waals surface area contributed by atoms with Crippen LogP contribution in [0.5, 0.6) is 5.75 Å². The van der Waals surface area contributed by atoms with Crippen LogP contribution >= 0.6 is 12.6 Å². The molecular formula is C21H29N3O5S. The number of nitrogens with one attached hydrogen (secondary N) is 2. The molecule has 0 aliphatic carbocycles. The van der Waals surface area contributed by atoms with E-state index in [1.54, 1.807) is 46.8 Å². The number of thiol groups is 1. The molecule has 0 bridgehead atoms. The number of benzene rings is 1. The standard InChI is InChI=1S/C21H29N3O5S/c1-7-24(19(27)15(12-30)23-20(28)29-21(4,5)6)17(18(26)22-13(2)3)14-10-8-9-11-16(14)25/h1,8-11,13,15,17,25,30H,12H2,2-6H3,(H,22,26)(H,23,28). The van der Waals surface area contributed by atoms with Crippen LogP contribution in [-0.4, -0.2) is 51.4 Å². The fraction of sp³-hybridized carbons (Fsp3) is 0.476. The Morgan fingerprint density at radius 3 is 2.30 bits per heavy atom. The second-order valence-corrected chi connectivity index (χ2v) is 8.21. The van der Waals surface area contributed by atoms with Crippen molar-refractivity contribution in [1.82, 2.24) is 15.5 Å². The SMILES string of the molecule is C#CN(C(=O)C(CS)NC(=O)OC(C)(C)C)C(C(=O)NC(C)C)c1ccccc1O. The maximum absolute atomic E-state index is 13.1. The molecule has 8 nitrogen and oxygen atoms in total. The number of alkyl carbamates (subject to hydrolysis) is 1. The van der Waals surface area contributed by atoms with Gasteiger partial charge in [0, 0.05) is 23.4 Å². The molecule has 164 valence electrons. The van der Waals surface area contributed by atoms with E-state index >= 15 is 0 Å². The van der Waals surface area contributed by atoms with Crippen LogP contribution in [0, 0.1) is 12.5 Å². The maximum atomic E-state index is 13.1. The molecular weight excluding hydrogens is 406 g/mol. The zero-order valence-electron chi connectivity index (χ0n) is 17.8. The maximum Gasteiger partial charge on any atom is 0.408 e. The second-order valence-electron chi connectivity index (χ2n) is 7.84. The number of aromatic hydroxyl groups is 1. The summed E-state index contributed by atoms with van der Waals surface area (Å²) in [5.74, 6) is -1.61. The summed E-state index contributed by atoms with van der Waals surface area (Å²) in [7, 11) is 0. The largest absolute Gasteiger partial charge is 0.508 e. The first kappa shape index (κ1) is 25.2. The molecule has 30 heavy (non-hydrogen) atoms. The fourth-order valence-electron chi connectivity index (χ4n) is 2.55. The van der Waals surface area contributed by atoms with Crippen molar-refractivity contribution in [2.45, 2.75) is 58.3 Å². The van der Waals surface area contributed by atoms with Crippen LogP contribution in [0.4, 0.5) is 4.79 Å². The lowest BCUT2D eigenvalue weighted by Gasteiger charge is -2.30. The van der Waals surface area contributed by atoms with Gasteiger partial charge in [0.15, 0.2) is 6.04 Å². The Morgan fingerprint density at radius 2 is 1.83 bits per heavy atom. The summed E-state index contributed by atoms with van der Waals surface area (Å²) < 4.78 is 5.17. The van der Waals surface area contributed by atoms with Crippen molar-refractivity contribution in [2.24, 2.45) is 0 Å². The van der Waals surface area contributed by atoms with Crippen LogP contribution < -0.4 is 10.6 Å². The number of terminal acetylenes is 1. The van der Waals surface area contributed by atoms with Gasteiger partial charge in [-0.15, -0.1) is 0 Å². The normalized spacial score (nSPS) is 13.0. The van der Waals surface area contributed by atoms with Crippen molar-refractivity contribution in [3.63, 3.8) is 0 Å². The zero-order valence-corrected chi connectivity index (χ0v) is 18.7. The van der Waals surface area contributed by atoms with Gasteiger partial charge in [0.05, 0.1) is 0 Å². The highest BCUT2D eigenvalue weighted by atomic mass is 32.1. The van der Waals surface area contributed by atoms with Gasteiger partial charge in [-0.25, -0.2) is 4.79 Å². The Balaban J connectivity index is 3.27. The van der Waals surface area contributed by atoms with Gasteiger partial charge in [0.25, 0.3) is 5.91 Å². The Labute approximate surface area is 182 Å². The number of rotatable bonds is 7. The highest BCUT2D eigenvalue weighted by Gasteiger charge is 2.36. The van der Waals surface area contributed by atoms with Crippen LogP contribution in [0.1, 0.15) is 46.2 Å². The van der Waals surface area contributed by atoms with E-state index in [1.165, 1.54) is 12.1 Å². The number of phenols is 1. The van der Waals surface area contributed by atoms with E-state index < -0.39 is 35.6 Å². The minimum absolute atomic E-state index is 0.0878. The van der Waals surface area contributed by atoms with E-state index in [2.05, 4.69) is 29.3 Å². The van der Waals surface area contributed by atoms with Gasteiger partial charge >= 0.3 is 6.09 Å². The van der Waals surface area contributed by atoms with Crippen molar-refractivity contribution in [2.75, 3.05) is 5.75 Å². The number of carbonyl (C=O) groups is 3. The molecule has 0 saturated carbocycles. The summed E-state index contributed by atoms with van der Waals surface area (Å²) in [6, 6.07) is 5.58. The highest BCUT2D eigenvalue weighted by Crippen LogP contribution is 2.29. The molecule has 0 aromatic heterocycles. The highest BCUT2D eigenvalue weighted by molar-refractivity contribution is 7.80. The number of ether oxygens (including phenoxy) is 1. The van der Waals surface area contributed by atoms with Crippen LogP contribution in [0.15, 0.2) is 24.3 Å². The number of nitrogens with zero attached hydrogens (tertiary/aromatic N) is 1. The Kier molecular flexibility index (Phi) is 9.05. The summed E-state index contributed by atoms with van der Waals surface area (Å²) in [5.41, 5.74) is -0.618. The Hall–Kier alpha value is -2.86. The molecule has 1 aromatic rings. The fourth-order valence-corrected chi connectivity index (χ4v) is 2.80. The number of amides is 3. The average Bonchev–Trinajstić information content (AvgIpc) is 2.62. The molecule has 3 N–H and O–H groups in total. The van der Waals surface area contributed by atoms with Crippen molar-refractivity contribution >= 4 is 30.5 Å². The topological polar surface area (TPSA) is 108 Å². The van der Waals surface area contributed by atoms with Crippen molar-refractivity contribution in [1.29, 1.82) is 0 Å². The molecule has 1 rings (SSSR count). The molecule has 0 radical (unpaired) electrons. The van der Waals surface area contributed by atoms with E-state index in [9.17, 15) is 19.5 Å². The van der Waals surface area contributed by atoms with E-state index in [0.29, 0.717) is 0 Å². The van der Waals surface area contributed by atoms with Gasteiger partial charge in [0.2, 0.25) is 5.91 Å². The van der Waals surface area contributed by atoms with Gasteiger partial charge in [-0.05, 0) is 40.7 Å². The molecule has 0 fully saturated rings. The molecule has 9 heteroatoms. The molecule has 0 aliphatic heterocycles. The van der Waals surface area contributed by atoms with Crippen LogP contribution in [0.25, 0.3) is 0 Å². The zero-order chi connectivity index (χ0) is 23.1. The first-order valence-electron chi connectivity index (χ1n) is 9.39. The van der Waals surface area contributed by atoms with Gasteiger partial charge < -0.3 is 20.5 Å². The lowest BCUT2D eigenvalue weighted by Crippen LogP contribution is -2.52. The number of carbonyl (C=O) groups excluding carboxylic acids is 3. The predicted octanol–water partition coefficient (Wildman–Crippen LogP) is 2.20. The van der Waals surface area contributed by atoms with Gasteiger partial charge in [-0.1, -0.05) is 24.6 Å². The first-order valence-corrected chi connectivity index (χ1v) is 10.0. The molecule has 2 unspecified atom stereocenters. The smallest absolute Gasteiger partial charge is 0.408 e. The van der Waals surface area contributed by atoms with Crippen LogP contribution in [-0.2, 0) is 14.3 Å². The van der Waals surface area contributed by atoms with Crippen molar-refractivity contribution in [3.05, 3.63) is 29.8 Å². The molecule has 2 atom stereocenters. The summed E-state index contributed by atoms with van der Waals surface area (Å²) in [5, 5.41) is 15.4. The van der Waals surface area contributed by atoms with Crippen LogP contribution in [0.3, 0.4) is 0 Å². The molecule has 0 heterocycles.